The molecule has 4 nitrogen and oxygen atoms in total. The maximum absolute atomic E-state index is 5.64. The summed E-state index contributed by atoms with van der Waals surface area (Å²) in [6, 6.07) is 26.1. The minimum absolute atomic E-state index is 0.431. The van der Waals surface area contributed by atoms with E-state index in [0.717, 1.165) is 34.1 Å². The molecule has 2 atom stereocenters. The molecule has 5 heteroatoms. The van der Waals surface area contributed by atoms with E-state index in [1.165, 1.54) is 52.6 Å². The zero-order valence-corrected chi connectivity index (χ0v) is 30.7. The number of methoxy groups -OCH3 is 4. The van der Waals surface area contributed by atoms with Crippen LogP contribution >= 0.6 is 0 Å². The SMILES string of the molecule is COc1cc(OC)cc(-c2cccc3c2C=C[CH]3[Hf]([CH3])([CH3])(=[C]2CCC2)[CH]2C=Cc3c(-c4cc(OC)cc(OC)c4)cccc32)c1. The summed E-state index contributed by atoms with van der Waals surface area (Å²) in [5.41, 5.74) is 10.3. The molecule has 230 valence electrons. The van der Waals surface area contributed by atoms with Crippen LogP contribution in [0.25, 0.3) is 34.4 Å². The molecule has 1 fully saturated rings. The number of hydrogen-bond donors (Lipinski definition) is 0. The van der Waals surface area contributed by atoms with Crippen molar-refractivity contribution in [3.63, 3.8) is 0 Å². The molecule has 0 heterocycles. The van der Waals surface area contributed by atoms with Crippen LogP contribution in [0.1, 0.15) is 48.9 Å². The second kappa shape index (κ2) is 11.3. The maximum atomic E-state index is 5.64. The standard InChI is InChI=1S/2C17H15O2.C4H6.2CH3.Hf/c2*1-18-14-9-13(10-15(11-14)19-2)17-8-4-6-12-5-3-7-16(12)17;1-2-4-3-1;;;/h2*3-11H,1-2H3;1-3H2;2*1H3;. The van der Waals surface area contributed by atoms with Crippen molar-refractivity contribution >= 4 is 15.4 Å². The van der Waals surface area contributed by atoms with Crippen LogP contribution in [0.2, 0.25) is 9.36 Å². The van der Waals surface area contributed by atoms with E-state index in [1.54, 1.807) is 28.4 Å². The normalized spacial score (nSPS) is 18.3. The van der Waals surface area contributed by atoms with Crippen molar-refractivity contribution in [2.75, 3.05) is 28.4 Å². The molecule has 0 saturated heterocycles. The van der Waals surface area contributed by atoms with Gasteiger partial charge in [0, 0.05) is 0 Å². The third kappa shape index (κ3) is 4.69. The van der Waals surface area contributed by atoms with Crippen LogP contribution in [0.5, 0.6) is 23.0 Å². The van der Waals surface area contributed by atoms with E-state index in [1.807, 2.05) is 15.4 Å². The molecule has 0 aliphatic heterocycles. The predicted octanol–water partition coefficient (Wildman–Crippen LogP) is 10.0. The van der Waals surface area contributed by atoms with Gasteiger partial charge in [-0.1, -0.05) is 0 Å². The quantitative estimate of drug-likeness (QED) is 0.168. The van der Waals surface area contributed by atoms with Gasteiger partial charge in [0.15, 0.2) is 0 Å². The van der Waals surface area contributed by atoms with Crippen LogP contribution in [0.15, 0.2) is 84.9 Å². The Labute approximate surface area is 267 Å². The van der Waals surface area contributed by atoms with Crippen LogP contribution in [-0.4, -0.2) is 31.7 Å². The van der Waals surface area contributed by atoms with E-state index >= 15 is 0 Å². The van der Waals surface area contributed by atoms with Crippen molar-refractivity contribution in [2.45, 2.75) is 36.0 Å². The Kier molecular flexibility index (Phi) is 7.51. The molecule has 4 aromatic carbocycles. The number of fused-ring (bicyclic) bond motifs is 2. The molecule has 4 aromatic rings. The van der Waals surface area contributed by atoms with Crippen molar-refractivity contribution in [2.24, 2.45) is 0 Å². The molecular formula is C40H42HfO4. The zero-order valence-electron chi connectivity index (χ0n) is 27.1. The molecule has 0 radical (unpaired) electrons. The van der Waals surface area contributed by atoms with E-state index in [2.05, 4.69) is 94.3 Å². The summed E-state index contributed by atoms with van der Waals surface area (Å²) in [6.07, 6.45) is 13.8. The predicted molar refractivity (Wildman–Crippen MR) is 184 cm³/mol. The van der Waals surface area contributed by atoms with E-state index in [0.29, 0.717) is 7.35 Å². The molecule has 0 spiro atoms. The van der Waals surface area contributed by atoms with Crippen LogP contribution in [0, 0.1) is 0 Å². The molecule has 0 N–H and O–H groups in total. The topological polar surface area (TPSA) is 36.9 Å². The molecule has 3 aliphatic rings. The Balaban J connectivity index is 1.37. The first-order valence-electron chi connectivity index (χ1n) is 15.9. The number of benzene rings is 4. The van der Waals surface area contributed by atoms with Crippen LogP contribution in [0.3, 0.4) is 0 Å². The first-order valence-corrected chi connectivity index (χ1v) is 29.1. The molecule has 0 bridgehead atoms. The van der Waals surface area contributed by atoms with Crippen molar-refractivity contribution in [1.82, 2.24) is 0 Å². The summed E-state index contributed by atoms with van der Waals surface area (Å²) in [7, 11) is 6.85. The van der Waals surface area contributed by atoms with Gasteiger partial charge in [0.1, 0.15) is 0 Å². The Hall–Kier alpha value is -3.70. The molecule has 2 unspecified atom stereocenters. The van der Waals surface area contributed by atoms with Gasteiger partial charge in [0.25, 0.3) is 0 Å². The Bertz CT molecular complexity index is 1780. The van der Waals surface area contributed by atoms with Gasteiger partial charge in [-0.3, -0.25) is 0 Å². The monoisotopic (exact) mass is 766 g/mol. The first kappa shape index (κ1) is 30.0. The number of ether oxygens (including phenoxy) is 4. The summed E-state index contributed by atoms with van der Waals surface area (Å²) >= 11 is -3.98. The number of allylic oxidation sites excluding steroid dienone is 2. The summed E-state index contributed by atoms with van der Waals surface area (Å²) in [5, 5.41) is 0. The molecule has 0 aromatic heterocycles. The molecule has 7 rings (SSSR count). The van der Waals surface area contributed by atoms with Gasteiger partial charge in [-0.05, 0) is 0 Å². The second-order valence-electron chi connectivity index (χ2n) is 13.6. The molecule has 45 heavy (non-hydrogen) atoms. The van der Waals surface area contributed by atoms with Gasteiger partial charge in [0.05, 0.1) is 0 Å². The molecule has 3 aliphatic carbocycles. The average Bonchev–Trinajstić information content (AvgIpc) is 3.69. The molecular weight excluding hydrogens is 723 g/mol. The minimum atomic E-state index is -3.98. The molecule has 1 saturated carbocycles. The van der Waals surface area contributed by atoms with Crippen LogP contribution in [0.4, 0.5) is 0 Å². The third-order valence-electron chi connectivity index (χ3n) is 11.2. The fourth-order valence-corrected chi connectivity index (χ4v) is 33.5. The Morgan fingerprint density at radius 2 is 0.956 bits per heavy atom. The average molecular weight is 765 g/mol. The number of hydrogen-bond acceptors (Lipinski definition) is 4. The van der Waals surface area contributed by atoms with E-state index in [9.17, 15) is 0 Å². The summed E-state index contributed by atoms with van der Waals surface area (Å²) in [6.45, 7) is 0. The summed E-state index contributed by atoms with van der Waals surface area (Å²) < 4.78 is 30.8. The van der Waals surface area contributed by atoms with Crippen molar-refractivity contribution in [3.8, 4) is 45.3 Å². The Morgan fingerprint density at radius 3 is 1.29 bits per heavy atom. The summed E-state index contributed by atoms with van der Waals surface area (Å²) in [4.78, 5) is 0. The summed E-state index contributed by atoms with van der Waals surface area (Å²) in [5.74, 6) is 3.22. The zero-order chi connectivity index (χ0) is 31.4. The van der Waals surface area contributed by atoms with Crippen molar-refractivity contribution in [1.29, 1.82) is 0 Å². The van der Waals surface area contributed by atoms with E-state index in [-0.39, 0.29) is 0 Å². The van der Waals surface area contributed by atoms with Crippen molar-refractivity contribution in [3.05, 3.63) is 107 Å². The van der Waals surface area contributed by atoms with Gasteiger partial charge < -0.3 is 0 Å². The van der Waals surface area contributed by atoms with Crippen molar-refractivity contribution < 1.29 is 37.0 Å². The van der Waals surface area contributed by atoms with Crippen LogP contribution in [-0.2, 0) is 18.0 Å². The Morgan fingerprint density at radius 1 is 0.556 bits per heavy atom. The fourth-order valence-electron chi connectivity index (χ4n) is 8.43. The van der Waals surface area contributed by atoms with Gasteiger partial charge >= 0.3 is 269 Å². The second-order valence-corrected chi connectivity index (χ2v) is 39.3. The van der Waals surface area contributed by atoms with Gasteiger partial charge in [-0.25, -0.2) is 0 Å². The van der Waals surface area contributed by atoms with E-state index < -0.39 is 18.0 Å². The van der Waals surface area contributed by atoms with Gasteiger partial charge in [-0.2, -0.15) is 0 Å². The third-order valence-corrected chi connectivity index (χ3v) is 38.4. The molecule has 0 amide bonds. The number of rotatable bonds is 8. The van der Waals surface area contributed by atoms with Crippen LogP contribution < -0.4 is 18.9 Å². The van der Waals surface area contributed by atoms with Gasteiger partial charge in [0.2, 0.25) is 0 Å². The fraction of sp³-hybridized carbons (Fsp3) is 0.275. The van der Waals surface area contributed by atoms with Gasteiger partial charge in [-0.15, -0.1) is 0 Å². The first-order chi connectivity index (χ1) is 21.8. The van der Waals surface area contributed by atoms with E-state index in [4.69, 9.17) is 18.9 Å².